The Labute approximate surface area is 130 Å². The normalized spacial score (nSPS) is 23.1. The van der Waals surface area contributed by atoms with Crippen LogP contribution in [-0.2, 0) is 10.0 Å². The van der Waals surface area contributed by atoms with Gasteiger partial charge < -0.3 is 10.2 Å². The second kappa shape index (κ2) is 6.35. The molecule has 1 fully saturated rings. The highest BCUT2D eigenvalue weighted by molar-refractivity contribution is 7.88. The Balaban J connectivity index is 2.10. The predicted molar refractivity (Wildman–Crippen MR) is 83.0 cm³/mol. The van der Waals surface area contributed by atoms with Gasteiger partial charge in [-0.2, -0.15) is 9.40 Å². The van der Waals surface area contributed by atoms with Gasteiger partial charge >= 0.3 is 0 Å². The van der Waals surface area contributed by atoms with Crippen molar-refractivity contribution in [3.63, 3.8) is 0 Å². The molecule has 2 N–H and O–H groups in total. The SMILES string of the molecule is Cc1cc(C(=O)N[C@@H]2CN(S(C)(=O)=O)C[C@H]2CN(C)C)n[nH]1. The van der Waals surface area contributed by atoms with E-state index in [4.69, 9.17) is 0 Å². The molecular formula is C13H23N5O3S. The zero-order valence-electron chi connectivity index (χ0n) is 13.3. The number of amides is 1. The van der Waals surface area contributed by atoms with Crippen LogP contribution in [0.1, 0.15) is 16.2 Å². The minimum absolute atomic E-state index is 0.0497. The Kier molecular flexibility index (Phi) is 4.88. The lowest BCUT2D eigenvalue weighted by Gasteiger charge is -2.22. The van der Waals surface area contributed by atoms with Crippen LogP contribution >= 0.6 is 0 Å². The van der Waals surface area contributed by atoms with E-state index in [2.05, 4.69) is 15.5 Å². The topological polar surface area (TPSA) is 98.4 Å². The molecule has 1 amide bonds. The van der Waals surface area contributed by atoms with Crippen LogP contribution in [0.2, 0.25) is 0 Å². The number of nitrogens with zero attached hydrogens (tertiary/aromatic N) is 3. The maximum atomic E-state index is 12.2. The lowest BCUT2D eigenvalue weighted by molar-refractivity contribution is 0.0922. The van der Waals surface area contributed by atoms with Crippen LogP contribution in [0, 0.1) is 12.8 Å². The van der Waals surface area contributed by atoms with Crippen molar-refractivity contribution in [2.45, 2.75) is 13.0 Å². The molecule has 1 aromatic heterocycles. The Bertz CT molecular complexity index is 640. The molecule has 0 aliphatic carbocycles. The van der Waals surface area contributed by atoms with Crippen LogP contribution < -0.4 is 5.32 Å². The average Bonchev–Trinajstić information content (AvgIpc) is 2.95. The lowest BCUT2D eigenvalue weighted by atomic mass is 10.0. The zero-order chi connectivity index (χ0) is 16.5. The van der Waals surface area contributed by atoms with Gasteiger partial charge in [0.25, 0.3) is 5.91 Å². The predicted octanol–water partition coefficient (Wildman–Crippen LogP) is -0.730. The summed E-state index contributed by atoms with van der Waals surface area (Å²) in [5.74, 6) is -0.234. The molecule has 0 aromatic carbocycles. The van der Waals surface area contributed by atoms with E-state index in [0.717, 1.165) is 5.69 Å². The first kappa shape index (κ1) is 16.9. The zero-order valence-corrected chi connectivity index (χ0v) is 14.1. The van der Waals surface area contributed by atoms with Gasteiger partial charge in [0.1, 0.15) is 5.69 Å². The molecular weight excluding hydrogens is 306 g/mol. The van der Waals surface area contributed by atoms with Gasteiger partial charge in [0.05, 0.1) is 6.26 Å². The fourth-order valence-electron chi connectivity index (χ4n) is 2.70. The van der Waals surface area contributed by atoms with Crippen molar-refractivity contribution in [2.75, 3.05) is 40.0 Å². The smallest absolute Gasteiger partial charge is 0.272 e. The van der Waals surface area contributed by atoms with E-state index in [1.807, 2.05) is 25.9 Å². The number of hydrogen-bond acceptors (Lipinski definition) is 5. The second-order valence-electron chi connectivity index (χ2n) is 6.12. The maximum Gasteiger partial charge on any atom is 0.272 e. The lowest BCUT2D eigenvalue weighted by Crippen LogP contribution is -2.43. The standard InChI is InChI=1S/C13H23N5O3S/c1-9-5-11(16-15-9)13(19)14-12-8-18(22(4,20)21)7-10(12)6-17(2)3/h5,10,12H,6-8H2,1-4H3,(H,14,19)(H,15,16)/t10-,12-/m1/s1. The van der Waals surface area contributed by atoms with Crippen molar-refractivity contribution in [1.29, 1.82) is 0 Å². The van der Waals surface area contributed by atoms with Crippen LogP contribution in [0.15, 0.2) is 6.07 Å². The Morgan fingerprint density at radius 3 is 2.68 bits per heavy atom. The van der Waals surface area contributed by atoms with Gasteiger partial charge in [-0.05, 0) is 27.1 Å². The maximum absolute atomic E-state index is 12.2. The molecule has 0 spiro atoms. The van der Waals surface area contributed by atoms with Crippen LogP contribution in [-0.4, -0.2) is 79.8 Å². The third-order valence-corrected chi connectivity index (χ3v) is 4.97. The third kappa shape index (κ3) is 4.05. The van der Waals surface area contributed by atoms with E-state index in [-0.39, 0.29) is 17.9 Å². The summed E-state index contributed by atoms with van der Waals surface area (Å²) in [5.41, 5.74) is 1.12. The number of rotatable bonds is 5. The van der Waals surface area contributed by atoms with Gasteiger partial charge in [0.15, 0.2) is 0 Å². The fourth-order valence-corrected chi connectivity index (χ4v) is 3.59. The van der Waals surface area contributed by atoms with Crippen molar-refractivity contribution in [3.8, 4) is 0 Å². The number of sulfonamides is 1. The average molecular weight is 329 g/mol. The molecule has 124 valence electrons. The summed E-state index contributed by atoms with van der Waals surface area (Å²) >= 11 is 0. The molecule has 1 aliphatic rings. The molecule has 0 radical (unpaired) electrons. The van der Waals surface area contributed by atoms with Crippen molar-refractivity contribution >= 4 is 15.9 Å². The Morgan fingerprint density at radius 2 is 2.18 bits per heavy atom. The summed E-state index contributed by atoms with van der Waals surface area (Å²) in [6, 6.07) is 1.45. The highest BCUT2D eigenvalue weighted by atomic mass is 32.2. The van der Waals surface area contributed by atoms with E-state index < -0.39 is 10.0 Å². The van der Waals surface area contributed by atoms with E-state index in [0.29, 0.717) is 25.3 Å². The molecule has 1 aliphatic heterocycles. The van der Waals surface area contributed by atoms with Gasteiger partial charge in [-0.3, -0.25) is 9.89 Å². The minimum Gasteiger partial charge on any atom is -0.346 e. The fraction of sp³-hybridized carbons (Fsp3) is 0.692. The van der Waals surface area contributed by atoms with Crippen LogP contribution in [0.25, 0.3) is 0 Å². The van der Waals surface area contributed by atoms with E-state index in [9.17, 15) is 13.2 Å². The first-order chi connectivity index (χ1) is 10.2. The second-order valence-corrected chi connectivity index (χ2v) is 8.10. The van der Waals surface area contributed by atoms with E-state index in [1.54, 1.807) is 6.07 Å². The molecule has 1 saturated heterocycles. The third-order valence-electron chi connectivity index (χ3n) is 3.73. The Morgan fingerprint density at radius 1 is 1.50 bits per heavy atom. The number of nitrogens with one attached hydrogen (secondary N) is 2. The number of carbonyl (C=O) groups is 1. The summed E-state index contributed by atoms with van der Waals surface area (Å²) in [4.78, 5) is 14.2. The molecule has 22 heavy (non-hydrogen) atoms. The first-order valence-electron chi connectivity index (χ1n) is 7.09. The van der Waals surface area contributed by atoms with Gasteiger partial charge in [-0.25, -0.2) is 8.42 Å². The molecule has 0 saturated carbocycles. The molecule has 8 nitrogen and oxygen atoms in total. The largest absolute Gasteiger partial charge is 0.346 e. The highest BCUT2D eigenvalue weighted by Crippen LogP contribution is 2.20. The van der Waals surface area contributed by atoms with Gasteiger partial charge in [0, 0.05) is 37.3 Å². The molecule has 0 unspecified atom stereocenters. The molecule has 1 aromatic rings. The number of H-pyrrole nitrogens is 1. The first-order valence-corrected chi connectivity index (χ1v) is 8.94. The molecule has 2 heterocycles. The molecule has 0 bridgehead atoms. The van der Waals surface area contributed by atoms with Crippen molar-refractivity contribution in [3.05, 3.63) is 17.5 Å². The summed E-state index contributed by atoms with van der Waals surface area (Å²) < 4.78 is 24.9. The monoisotopic (exact) mass is 329 g/mol. The molecule has 2 rings (SSSR count). The summed E-state index contributed by atoms with van der Waals surface area (Å²) in [5, 5.41) is 9.57. The number of hydrogen-bond donors (Lipinski definition) is 2. The summed E-state index contributed by atoms with van der Waals surface area (Å²) in [7, 11) is 0.600. The molecule has 9 heteroatoms. The van der Waals surface area contributed by atoms with Crippen molar-refractivity contribution in [2.24, 2.45) is 5.92 Å². The van der Waals surface area contributed by atoms with Crippen LogP contribution in [0.5, 0.6) is 0 Å². The van der Waals surface area contributed by atoms with E-state index in [1.165, 1.54) is 10.6 Å². The minimum atomic E-state index is -3.26. The number of aromatic amines is 1. The number of aromatic nitrogens is 2. The summed E-state index contributed by atoms with van der Waals surface area (Å²) in [6.45, 7) is 3.24. The van der Waals surface area contributed by atoms with Crippen molar-refractivity contribution in [1.82, 2.24) is 24.7 Å². The van der Waals surface area contributed by atoms with Gasteiger partial charge in [-0.1, -0.05) is 0 Å². The van der Waals surface area contributed by atoms with Crippen LogP contribution in [0.3, 0.4) is 0 Å². The van der Waals surface area contributed by atoms with Crippen LogP contribution in [0.4, 0.5) is 0 Å². The molecule has 2 atom stereocenters. The van der Waals surface area contributed by atoms with E-state index >= 15 is 0 Å². The van der Waals surface area contributed by atoms with Crippen molar-refractivity contribution < 1.29 is 13.2 Å². The number of carbonyl (C=O) groups excluding carboxylic acids is 1. The Hall–Kier alpha value is -1.45. The van der Waals surface area contributed by atoms with Gasteiger partial charge in [-0.15, -0.1) is 0 Å². The highest BCUT2D eigenvalue weighted by Gasteiger charge is 2.38. The summed E-state index contributed by atoms with van der Waals surface area (Å²) in [6.07, 6.45) is 1.20. The quantitative estimate of drug-likeness (QED) is 0.742. The number of aryl methyl sites for hydroxylation is 1. The van der Waals surface area contributed by atoms with Gasteiger partial charge in [0.2, 0.25) is 10.0 Å².